The summed E-state index contributed by atoms with van der Waals surface area (Å²) >= 11 is 0. The first-order valence-electron chi connectivity index (χ1n) is 15.5. The third-order valence-corrected chi connectivity index (χ3v) is 9.79. The van der Waals surface area contributed by atoms with E-state index in [2.05, 4.69) is 52.0 Å². The van der Waals surface area contributed by atoms with Crippen molar-refractivity contribution in [3.8, 4) is 0 Å². The van der Waals surface area contributed by atoms with Crippen molar-refractivity contribution >= 4 is 11.4 Å². The van der Waals surface area contributed by atoms with Crippen molar-refractivity contribution in [2.75, 3.05) is 37.9 Å². The van der Waals surface area contributed by atoms with Crippen LogP contribution in [0, 0.1) is 0 Å². The summed E-state index contributed by atoms with van der Waals surface area (Å²) in [5.41, 5.74) is 24.5. The van der Waals surface area contributed by atoms with Gasteiger partial charge in [-0.25, -0.2) is 0 Å². The summed E-state index contributed by atoms with van der Waals surface area (Å²) in [6, 6.07) is 16.9. The second kappa shape index (κ2) is 10.4. The average Bonchev–Trinajstić information content (AvgIpc) is 3.76. The molecule has 0 radical (unpaired) electrons. The number of ether oxygens (including phenoxy) is 4. The highest BCUT2D eigenvalue weighted by atomic mass is 16.6. The molecule has 0 saturated carbocycles. The summed E-state index contributed by atoms with van der Waals surface area (Å²) in [6.07, 6.45) is 4.61. The van der Waals surface area contributed by atoms with Gasteiger partial charge in [0.1, 0.15) is 0 Å². The van der Waals surface area contributed by atoms with Gasteiger partial charge in [0.05, 0.1) is 50.8 Å². The maximum absolute atomic E-state index is 6.15. The number of nitrogen functional groups attached to an aromatic ring is 2. The van der Waals surface area contributed by atoms with Crippen molar-refractivity contribution in [2.24, 2.45) is 0 Å². The third kappa shape index (κ3) is 5.58. The normalized spacial score (nSPS) is 24.5. The maximum atomic E-state index is 6.15. The van der Waals surface area contributed by atoms with Crippen LogP contribution in [0.25, 0.3) is 0 Å². The minimum absolute atomic E-state index is 0.250. The molecule has 3 aromatic rings. The van der Waals surface area contributed by atoms with Gasteiger partial charge in [0.2, 0.25) is 0 Å². The molecule has 4 unspecified atom stereocenters. The molecule has 0 spiro atoms. The number of rotatable bonds is 12. The molecule has 0 aromatic heterocycles. The van der Waals surface area contributed by atoms with Gasteiger partial charge in [-0.05, 0) is 68.8 Å². The molecule has 6 heteroatoms. The van der Waals surface area contributed by atoms with Crippen molar-refractivity contribution in [2.45, 2.75) is 88.6 Å². The number of hydrogen-bond acceptors (Lipinski definition) is 6. The van der Waals surface area contributed by atoms with E-state index in [0.717, 1.165) is 63.5 Å². The standard InChI is InChI=1S/C36H44N2O4/c1-35(2,21-5-9-23(37)10-6-21)33-29(13-25-17-39-25)31(15-27-19-41-27)34(36(3,4)22-7-11-24(38)12-8-22)32(16-28-20-42-28)30(33)14-26-18-40-26/h5-12,25-28H,13-20,37-38H2,1-4H3. The second-order valence-corrected chi connectivity index (χ2v) is 13.8. The molecule has 4 aliphatic rings. The van der Waals surface area contributed by atoms with Crippen LogP contribution < -0.4 is 11.5 Å². The SMILES string of the molecule is CC(C)(c1ccc(N)cc1)c1c(CC2CO2)c(CC2CO2)c(C(C)(C)c2ccc(N)cc2)c(CC2CO2)c1CC1CO1. The van der Waals surface area contributed by atoms with Gasteiger partial charge in [-0.2, -0.15) is 0 Å². The van der Waals surface area contributed by atoms with Gasteiger partial charge in [0, 0.05) is 47.9 Å². The Morgan fingerprint density at radius 3 is 0.952 bits per heavy atom. The first kappa shape index (κ1) is 27.9. The summed E-state index contributed by atoms with van der Waals surface area (Å²) in [5.74, 6) is 0. The van der Waals surface area contributed by atoms with Crippen LogP contribution in [0.1, 0.15) is 72.2 Å². The van der Waals surface area contributed by atoms with E-state index >= 15 is 0 Å². The largest absolute Gasteiger partial charge is 0.399 e. The Morgan fingerprint density at radius 1 is 0.500 bits per heavy atom. The Hall–Kier alpha value is -2.90. The molecule has 42 heavy (non-hydrogen) atoms. The van der Waals surface area contributed by atoms with Gasteiger partial charge in [-0.1, -0.05) is 52.0 Å². The smallest absolute Gasteiger partial charge is 0.0850 e. The van der Waals surface area contributed by atoms with E-state index in [1.54, 1.807) is 0 Å². The molecular formula is C36H44N2O4. The topological polar surface area (TPSA) is 102 Å². The van der Waals surface area contributed by atoms with E-state index in [9.17, 15) is 0 Å². The predicted molar refractivity (Wildman–Crippen MR) is 166 cm³/mol. The number of nitrogens with two attached hydrogens (primary N) is 2. The molecular weight excluding hydrogens is 524 g/mol. The van der Waals surface area contributed by atoms with E-state index in [-0.39, 0.29) is 35.2 Å². The van der Waals surface area contributed by atoms with Gasteiger partial charge < -0.3 is 30.4 Å². The third-order valence-electron chi connectivity index (χ3n) is 9.79. The van der Waals surface area contributed by atoms with E-state index in [1.165, 1.54) is 44.5 Å². The molecule has 4 atom stereocenters. The lowest BCUT2D eigenvalue weighted by Gasteiger charge is -2.40. The van der Waals surface area contributed by atoms with Crippen LogP contribution >= 0.6 is 0 Å². The molecule has 0 bridgehead atoms. The highest BCUT2D eigenvalue weighted by molar-refractivity contribution is 5.63. The Morgan fingerprint density at radius 2 is 0.738 bits per heavy atom. The lowest BCUT2D eigenvalue weighted by atomic mass is 9.64. The highest BCUT2D eigenvalue weighted by Gasteiger charge is 2.43. The predicted octanol–water partition coefficient (Wildman–Crippen LogP) is 5.27. The first-order chi connectivity index (χ1) is 20.1. The molecule has 0 amide bonds. The molecule has 222 valence electrons. The zero-order chi connectivity index (χ0) is 29.2. The van der Waals surface area contributed by atoms with Crippen LogP contribution in [0.3, 0.4) is 0 Å². The molecule has 4 saturated heterocycles. The van der Waals surface area contributed by atoms with Gasteiger partial charge in [-0.15, -0.1) is 0 Å². The molecule has 4 N–H and O–H groups in total. The number of anilines is 2. The van der Waals surface area contributed by atoms with E-state index < -0.39 is 0 Å². The Kier molecular flexibility index (Phi) is 6.89. The van der Waals surface area contributed by atoms with Crippen LogP contribution in [0.15, 0.2) is 48.5 Å². The fraction of sp³-hybridized carbons (Fsp3) is 0.500. The summed E-state index contributed by atoms with van der Waals surface area (Å²) in [6.45, 7) is 12.8. The molecule has 7 rings (SSSR count). The average molecular weight is 569 g/mol. The van der Waals surface area contributed by atoms with Gasteiger partial charge in [0.15, 0.2) is 0 Å². The first-order valence-corrected chi connectivity index (χ1v) is 15.5. The van der Waals surface area contributed by atoms with E-state index in [1.807, 2.05) is 24.3 Å². The van der Waals surface area contributed by atoms with Crippen LogP contribution in [-0.2, 0) is 55.5 Å². The summed E-state index contributed by atoms with van der Waals surface area (Å²) in [4.78, 5) is 0. The molecule has 3 aromatic carbocycles. The quantitative estimate of drug-likeness (QED) is 0.228. The van der Waals surface area contributed by atoms with Crippen LogP contribution in [-0.4, -0.2) is 50.8 Å². The van der Waals surface area contributed by atoms with Gasteiger partial charge in [-0.3, -0.25) is 0 Å². The Balaban J connectivity index is 1.54. The van der Waals surface area contributed by atoms with Crippen molar-refractivity contribution in [3.63, 3.8) is 0 Å². The van der Waals surface area contributed by atoms with Crippen molar-refractivity contribution in [3.05, 3.63) is 93.0 Å². The monoisotopic (exact) mass is 568 g/mol. The van der Waals surface area contributed by atoms with Crippen molar-refractivity contribution in [1.29, 1.82) is 0 Å². The van der Waals surface area contributed by atoms with Crippen molar-refractivity contribution in [1.82, 2.24) is 0 Å². The zero-order valence-corrected chi connectivity index (χ0v) is 25.4. The fourth-order valence-corrected chi connectivity index (χ4v) is 7.12. The number of hydrogen-bond donors (Lipinski definition) is 2. The fourth-order valence-electron chi connectivity index (χ4n) is 7.12. The number of epoxide rings is 4. The van der Waals surface area contributed by atoms with Crippen LogP contribution in [0.5, 0.6) is 0 Å². The van der Waals surface area contributed by atoms with Crippen LogP contribution in [0.2, 0.25) is 0 Å². The molecule has 6 nitrogen and oxygen atoms in total. The van der Waals surface area contributed by atoms with E-state index in [0.29, 0.717) is 0 Å². The molecule has 4 heterocycles. The minimum atomic E-state index is -0.260. The maximum Gasteiger partial charge on any atom is 0.0850 e. The van der Waals surface area contributed by atoms with Crippen LogP contribution in [0.4, 0.5) is 11.4 Å². The summed E-state index contributed by atoms with van der Waals surface area (Å²) in [5, 5.41) is 0. The second-order valence-electron chi connectivity index (χ2n) is 13.8. The molecule has 4 fully saturated rings. The van der Waals surface area contributed by atoms with Crippen molar-refractivity contribution < 1.29 is 18.9 Å². The lowest BCUT2D eigenvalue weighted by Crippen LogP contribution is -2.32. The van der Waals surface area contributed by atoms with E-state index in [4.69, 9.17) is 30.4 Å². The highest BCUT2D eigenvalue weighted by Crippen LogP contribution is 2.49. The summed E-state index contributed by atoms with van der Waals surface area (Å²) in [7, 11) is 0. The van der Waals surface area contributed by atoms with Gasteiger partial charge >= 0.3 is 0 Å². The molecule has 4 aliphatic heterocycles. The minimum Gasteiger partial charge on any atom is -0.399 e. The molecule has 0 aliphatic carbocycles. The Labute approximate surface area is 249 Å². The Bertz CT molecular complexity index is 1300. The summed E-state index contributed by atoms with van der Waals surface area (Å²) < 4.78 is 23.7. The zero-order valence-electron chi connectivity index (χ0n) is 25.4. The lowest BCUT2D eigenvalue weighted by molar-refractivity contribution is 0.393. The number of benzene rings is 3. The van der Waals surface area contributed by atoms with Gasteiger partial charge in [0.25, 0.3) is 0 Å².